The second kappa shape index (κ2) is 7.83. The van der Waals surface area contributed by atoms with E-state index in [1.54, 1.807) is 24.3 Å². The molecule has 0 bridgehead atoms. The zero-order chi connectivity index (χ0) is 18.4. The highest BCUT2D eigenvalue weighted by Gasteiger charge is 2.18. The van der Waals surface area contributed by atoms with Crippen molar-refractivity contribution in [2.75, 3.05) is 11.9 Å². The van der Waals surface area contributed by atoms with Crippen LogP contribution in [-0.4, -0.2) is 18.4 Å². The lowest BCUT2D eigenvalue weighted by Crippen LogP contribution is -2.22. The van der Waals surface area contributed by atoms with E-state index in [2.05, 4.69) is 26.1 Å². The van der Waals surface area contributed by atoms with Crippen LogP contribution in [0.15, 0.2) is 48.5 Å². The number of amides is 2. The topological polar surface area (TPSA) is 81.4 Å². The third-order valence-corrected chi connectivity index (χ3v) is 3.67. The summed E-state index contributed by atoms with van der Waals surface area (Å²) in [5, 5.41) is 2.77. The number of carbonyl (C=O) groups excluding carboxylic acids is 2. The number of primary amides is 1. The second-order valence-corrected chi connectivity index (χ2v) is 6.92. The van der Waals surface area contributed by atoms with Crippen LogP contribution < -0.4 is 15.8 Å². The predicted molar refractivity (Wildman–Crippen MR) is 98.6 cm³/mol. The van der Waals surface area contributed by atoms with Crippen molar-refractivity contribution in [1.29, 1.82) is 0 Å². The molecule has 5 heteroatoms. The normalized spacial score (nSPS) is 11.0. The van der Waals surface area contributed by atoms with Gasteiger partial charge in [-0.05, 0) is 34.7 Å². The van der Waals surface area contributed by atoms with Gasteiger partial charge in [-0.3, -0.25) is 9.59 Å². The van der Waals surface area contributed by atoms with Gasteiger partial charge in [0.1, 0.15) is 5.75 Å². The number of benzene rings is 2. The fourth-order valence-corrected chi connectivity index (χ4v) is 2.46. The summed E-state index contributed by atoms with van der Waals surface area (Å²) in [4.78, 5) is 23.0. The second-order valence-electron chi connectivity index (χ2n) is 6.92. The quantitative estimate of drug-likeness (QED) is 0.848. The largest absolute Gasteiger partial charge is 0.483 e. The van der Waals surface area contributed by atoms with E-state index in [0.717, 1.165) is 11.1 Å². The van der Waals surface area contributed by atoms with E-state index in [1.807, 2.05) is 24.3 Å². The first-order valence-corrected chi connectivity index (χ1v) is 8.15. The minimum atomic E-state index is -0.386. The van der Waals surface area contributed by atoms with Gasteiger partial charge in [0.25, 0.3) is 5.91 Å². The van der Waals surface area contributed by atoms with Crippen LogP contribution in [0.1, 0.15) is 31.9 Å². The van der Waals surface area contributed by atoms with Gasteiger partial charge < -0.3 is 15.8 Å². The maximum Gasteiger partial charge on any atom is 0.262 e. The minimum Gasteiger partial charge on any atom is -0.483 e. The molecule has 2 rings (SSSR count). The maximum absolute atomic E-state index is 12.1. The van der Waals surface area contributed by atoms with Gasteiger partial charge in [-0.25, -0.2) is 0 Å². The van der Waals surface area contributed by atoms with Crippen molar-refractivity contribution in [2.45, 2.75) is 32.6 Å². The van der Waals surface area contributed by atoms with Gasteiger partial charge in [-0.1, -0.05) is 51.1 Å². The van der Waals surface area contributed by atoms with Crippen LogP contribution in [0.5, 0.6) is 5.75 Å². The molecule has 2 aromatic carbocycles. The molecule has 0 radical (unpaired) electrons. The summed E-state index contributed by atoms with van der Waals surface area (Å²) in [6, 6.07) is 14.7. The van der Waals surface area contributed by atoms with Crippen molar-refractivity contribution in [3.8, 4) is 5.75 Å². The molecule has 0 saturated carbocycles. The molecule has 2 amide bonds. The lowest BCUT2D eigenvalue weighted by atomic mass is 9.86. The Morgan fingerprint density at radius 3 is 2.28 bits per heavy atom. The van der Waals surface area contributed by atoms with E-state index in [9.17, 15) is 9.59 Å². The third kappa shape index (κ3) is 5.64. The van der Waals surface area contributed by atoms with Gasteiger partial charge in [0.15, 0.2) is 6.61 Å². The number of anilines is 1. The van der Waals surface area contributed by atoms with Gasteiger partial charge in [-0.2, -0.15) is 0 Å². The van der Waals surface area contributed by atoms with Crippen molar-refractivity contribution in [3.05, 3.63) is 59.7 Å². The molecule has 0 heterocycles. The Morgan fingerprint density at radius 2 is 1.68 bits per heavy atom. The summed E-state index contributed by atoms with van der Waals surface area (Å²) in [5.74, 6) is 0.0796. The molecule has 0 aliphatic heterocycles. The molecule has 2 aromatic rings. The van der Waals surface area contributed by atoms with E-state index < -0.39 is 0 Å². The van der Waals surface area contributed by atoms with Crippen LogP contribution in [0.25, 0.3) is 0 Å². The van der Waals surface area contributed by atoms with Crippen molar-refractivity contribution in [2.24, 2.45) is 5.73 Å². The van der Waals surface area contributed by atoms with Crippen molar-refractivity contribution >= 4 is 17.5 Å². The zero-order valence-corrected chi connectivity index (χ0v) is 14.8. The Kier molecular flexibility index (Phi) is 5.80. The monoisotopic (exact) mass is 340 g/mol. The molecule has 0 aromatic heterocycles. The highest BCUT2D eigenvalue weighted by atomic mass is 16.5. The molecule has 0 fully saturated rings. The summed E-state index contributed by atoms with van der Waals surface area (Å²) in [7, 11) is 0. The molecule has 0 spiro atoms. The molecule has 0 unspecified atom stereocenters. The van der Waals surface area contributed by atoms with Crippen molar-refractivity contribution in [3.63, 3.8) is 0 Å². The Hall–Kier alpha value is -2.82. The molecule has 5 nitrogen and oxygen atoms in total. The number of ether oxygens (including phenoxy) is 1. The van der Waals surface area contributed by atoms with E-state index >= 15 is 0 Å². The lowest BCUT2D eigenvalue weighted by Gasteiger charge is -2.22. The van der Waals surface area contributed by atoms with Gasteiger partial charge in [-0.15, -0.1) is 0 Å². The molecule has 0 saturated heterocycles. The number of nitrogens with two attached hydrogens (primary N) is 1. The molecule has 0 aliphatic carbocycles. The van der Waals surface area contributed by atoms with Crippen LogP contribution in [0, 0.1) is 0 Å². The molecule has 132 valence electrons. The Morgan fingerprint density at radius 1 is 1.04 bits per heavy atom. The number of hydrogen-bond acceptors (Lipinski definition) is 3. The van der Waals surface area contributed by atoms with Crippen LogP contribution in [0.4, 0.5) is 5.69 Å². The van der Waals surface area contributed by atoms with E-state index in [1.165, 1.54) is 0 Å². The van der Waals surface area contributed by atoms with Crippen LogP contribution >= 0.6 is 0 Å². The number of rotatable bonds is 6. The average Bonchev–Trinajstić information content (AvgIpc) is 2.54. The predicted octanol–water partition coefficient (Wildman–Crippen LogP) is 3.03. The Bertz CT molecular complexity index is 746. The van der Waals surface area contributed by atoms with Crippen molar-refractivity contribution < 1.29 is 14.3 Å². The van der Waals surface area contributed by atoms with Gasteiger partial charge >= 0.3 is 0 Å². The molecule has 0 atom stereocenters. The SMILES string of the molecule is CC(C)(C)c1ccccc1OCC(=O)Nc1ccc(CC(N)=O)cc1. The van der Waals surface area contributed by atoms with E-state index in [0.29, 0.717) is 11.4 Å². The maximum atomic E-state index is 12.1. The first-order chi connectivity index (χ1) is 11.8. The number of nitrogens with one attached hydrogen (secondary N) is 1. The molecule has 25 heavy (non-hydrogen) atoms. The summed E-state index contributed by atoms with van der Waals surface area (Å²) < 4.78 is 5.70. The van der Waals surface area contributed by atoms with Crippen LogP contribution in [0.2, 0.25) is 0 Å². The van der Waals surface area contributed by atoms with Crippen molar-refractivity contribution in [1.82, 2.24) is 0 Å². The van der Waals surface area contributed by atoms with Gasteiger partial charge in [0.05, 0.1) is 6.42 Å². The average molecular weight is 340 g/mol. The third-order valence-electron chi connectivity index (χ3n) is 3.67. The molecule has 3 N–H and O–H groups in total. The fourth-order valence-electron chi connectivity index (χ4n) is 2.46. The summed E-state index contributed by atoms with van der Waals surface area (Å²) in [6.45, 7) is 6.23. The zero-order valence-electron chi connectivity index (χ0n) is 14.8. The minimum absolute atomic E-state index is 0.0661. The van der Waals surface area contributed by atoms with Gasteiger partial charge in [0, 0.05) is 5.69 Å². The molecule has 0 aliphatic rings. The van der Waals surface area contributed by atoms with Gasteiger partial charge in [0.2, 0.25) is 5.91 Å². The van der Waals surface area contributed by atoms with Crippen LogP contribution in [-0.2, 0) is 21.4 Å². The summed E-state index contributed by atoms with van der Waals surface area (Å²) >= 11 is 0. The first kappa shape index (κ1) is 18.5. The highest BCUT2D eigenvalue weighted by molar-refractivity contribution is 5.92. The standard InChI is InChI=1S/C20H24N2O3/c1-20(2,3)16-6-4-5-7-17(16)25-13-19(24)22-15-10-8-14(9-11-15)12-18(21)23/h4-11H,12-13H2,1-3H3,(H2,21,23)(H,22,24). The Balaban J connectivity index is 1.94. The van der Waals surface area contributed by atoms with Crippen LogP contribution in [0.3, 0.4) is 0 Å². The Labute approximate surface area is 148 Å². The molecular weight excluding hydrogens is 316 g/mol. The number of hydrogen-bond donors (Lipinski definition) is 2. The first-order valence-electron chi connectivity index (χ1n) is 8.15. The van der Waals surface area contributed by atoms with E-state index in [4.69, 9.17) is 10.5 Å². The lowest BCUT2D eigenvalue weighted by molar-refractivity contribution is -0.118. The van der Waals surface area contributed by atoms with E-state index in [-0.39, 0.29) is 30.3 Å². The molecular formula is C20H24N2O3. The number of carbonyl (C=O) groups is 2. The smallest absolute Gasteiger partial charge is 0.262 e. The summed E-state index contributed by atoms with van der Waals surface area (Å²) in [6.07, 6.45) is 0.181. The fraction of sp³-hybridized carbons (Fsp3) is 0.300. The highest BCUT2D eigenvalue weighted by Crippen LogP contribution is 2.30. The number of para-hydroxylation sites is 1. The summed E-state index contributed by atoms with van der Waals surface area (Å²) in [5.41, 5.74) is 7.59.